The molecule has 0 aliphatic rings. The van der Waals surface area contributed by atoms with Crippen molar-refractivity contribution in [3.05, 3.63) is 0 Å². The van der Waals surface area contributed by atoms with Gasteiger partial charge in [-0.1, -0.05) is 0 Å². The molecular formula is H32O14Si15. The van der Waals surface area contributed by atoms with Crippen LogP contribution in [0.4, 0.5) is 0 Å². The lowest BCUT2D eigenvalue weighted by molar-refractivity contribution is 0.357. The van der Waals surface area contributed by atoms with E-state index in [4.69, 9.17) is 57.6 Å². The SMILES string of the molecule is [SiH3]O[SiH2]O[SiH2]O[SiH2]O[SiH2]O[SiH2]O[SiH2]O[SiH2]O[SiH2]O[SiH2]O[SiH2]O[SiH2]O[SiH2]O[SiH2]O[SiH3]. The second-order valence-electron chi connectivity index (χ2n) is 4.56. The van der Waals surface area contributed by atoms with Crippen molar-refractivity contribution in [2.24, 2.45) is 0 Å². The lowest BCUT2D eigenvalue weighted by atomic mass is 15.7. The standard InChI is InChI=1S/H32O14Si15/c15-1-17-3-19-5-21-7-23-9-25-11-27-13-29-14-28-12-26-10-24-8-22-6-20-4-18-2-16/h17-29H2,15-16H3. The van der Waals surface area contributed by atoms with E-state index in [0.29, 0.717) is 0 Å². The molecule has 0 spiro atoms. The summed E-state index contributed by atoms with van der Waals surface area (Å²) in [6.07, 6.45) is 0. The lowest BCUT2D eigenvalue weighted by Crippen LogP contribution is -2.22. The summed E-state index contributed by atoms with van der Waals surface area (Å²) in [5.74, 6) is 0. The fourth-order valence-electron chi connectivity index (χ4n) is 1.22. The first kappa shape index (κ1) is 31.7. The van der Waals surface area contributed by atoms with Crippen molar-refractivity contribution in [3.8, 4) is 0 Å². The van der Waals surface area contributed by atoms with E-state index in [-0.39, 0.29) is 0 Å². The molecule has 0 fully saturated rings. The molecule has 0 aliphatic carbocycles. The van der Waals surface area contributed by atoms with Crippen molar-refractivity contribution < 1.29 is 57.6 Å². The van der Waals surface area contributed by atoms with E-state index in [9.17, 15) is 0 Å². The summed E-state index contributed by atoms with van der Waals surface area (Å²) >= 11 is 0. The Labute approximate surface area is 207 Å². The third kappa shape index (κ3) is 30.7. The van der Waals surface area contributed by atoms with Gasteiger partial charge in [0, 0.05) is 0 Å². The molecule has 0 atom stereocenters. The first-order chi connectivity index (χ1) is 14.4. The van der Waals surface area contributed by atoms with Crippen LogP contribution < -0.4 is 0 Å². The van der Waals surface area contributed by atoms with E-state index in [1.165, 1.54) is 0 Å². The van der Waals surface area contributed by atoms with Crippen LogP contribution in [0.3, 0.4) is 0 Å². The van der Waals surface area contributed by atoms with E-state index >= 15 is 0 Å². The van der Waals surface area contributed by atoms with Gasteiger partial charge in [0.25, 0.3) is 130 Å². The molecule has 0 N–H and O–H groups in total. The highest BCUT2D eigenvalue weighted by Gasteiger charge is 1.97. The highest BCUT2D eigenvalue weighted by molar-refractivity contribution is 6.50. The van der Waals surface area contributed by atoms with Gasteiger partial charge in [0.2, 0.25) is 0 Å². The summed E-state index contributed by atoms with van der Waals surface area (Å²) in [5.41, 5.74) is 0. The van der Waals surface area contributed by atoms with Gasteiger partial charge in [-0.05, 0) is 0 Å². The maximum atomic E-state index is 5.44. The molecular weight excluding hydrogens is 645 g/mol. The van der Waals surface area contributed by atoms with Crippen molar-refractivity contribution in [2.75, 3.05) is 0 Å². The lowest BCUT2D eigenvalue weighted by Gasteiger charge is -2.09. The van der Waals surface area contributed by atoms with Crippen LogP contribution in [0.1, 0.15) is 0 Å². The maximum absolute atomic E-state index is 5.44. The first-order valence-electron chi connectivity index (χ1n) is 8.32. The quantitative estimate of drug-likeness (QED) is 0.0635. The third-order valence-electron chi connectivity index (χ3n) is 2.24. The second kappa shape index (κ2) is 30.7. The molecule has 0 bridgehead atoms. The molecule has 0 heterocycles. The highest BCUT2D eigenvalue weighted by atomic mass is 28.4. The van der Waals surface area contributed by atoms with Crippen LogP contribution in [-0.2, 0) is 57.6 Å². The van der Waals surface area contributed by atoms with Crippen molar-refractivity contribution in [3.63, 3.8) is 0 Å². The summed E-state index contributed by atoms with van der Waals surface area (Å²) in [6.45, 7) is 0. The van der Waals surface area contributed by atoms with Gasteiger partial charge >= 0.3 is 0 Å². The van der Waals surface area contributed by atoms with E-state index in [0.717, 1.165) is 21.0 Å². The van der Waals surface area contributed by atoms with Crippen LogP contribution in [0.5, 0.6) is 0 Å². The Morgan fingerprint density at radius 2 is 0.379 bits per heavy atom. The molecule has 29 heavy (non-hydrogen) atoms. The summed E-state index contributed by atoms with van der Waals surface area (Å²) in [4.78, 5) is 0. The minimum atomic E-state index is -0.992. The largest absolute Gasteiger partial charge is 0.449 e. The zero-order valence-electron chi connectivity index (χ0n) is 16.9. The second-order valence-corrected chi connectivity index (χ2v) is 31.8. The van der Waals surface area contributed by atoms with Crippen LogP contribution in [-0.4, -0.2) is 151 Å². The smallest absolute Gasteiger partial charge is 0.286 e. The number of hydrogen-bond donors (Lipinski definition) is 0. The molecule has 0 saturated carbocycles. The molecule has 0 aromatic carbocycles. The summed E-state index contributed by atoms with van der Waals surface area (Å²) in [7, 11) is -10.5. The third-order valence-corrected chi connectivity index (χ3v) is 20.1. The minimum absolute atomic E-state index is 0.742. The van der Waals surface area contributed by atoms with Gasteiger partial charge in [-0.2, -0.15) is 0 Å². The Hall–Kier alpha value is 2.69. The van der Waals surface area contributed by atoms with E-state index in [1.807, 2.05) is 0 Å². The molecule has 0 aliphatic heterocycles. The molecule has 0 aromatic rings. The molecule has 0 saturated heterocycles. The fraction of sp³-hybridized carbons (Fsp3) is 0. The Morgan fingerprint density at radius 3 is 0.517 bits per heavy atom. The molecule has 176 valence electrons. The van der Waals surface area contributed by atoms with Gasteiger partial charge in [0.1, 0.15) is 21.0 Å². The van der Waals surface area contributed by atoms with Gasteiger partial charge in [-0.25, -0.2) is 0 Å². The molecule has 0 radical (unpaired) electrons. The molecule has 0 aromatic heterocycles. The molecule has 0 rings (SSSR count). The van der Waals surface area contributed by atoms with Crippen LogP contribution >= 0.6 is 0 Å². The van der Waals surface area contributed by atoms with Crippen molar-refractivity contribution in [2.45, 2.75) is 0 Å². The molecule has 14 nitrogen and oxygen atoms in total. The van der Waals surface area contributed by atoms with Crippen LogP contribution in [0, 0.1) is 0 Å². The monoisotopic (exact) mass is 676 g/mol. The number of hydrogen-bond acceptors (Lipinski definition) is 14. The first-order valence-corrected chi connectivity index (χ1v) is 25.0. The zero-order chi connectivity index (χ0) is 21.1. The van der Waals surface area contributed by atoms with Gasteiger partial charge in [-0.3, -0.25) is 0 Å². The topological polar surface area (TPSA) is 129 Å². The molecule has 0 unspecified atom stereocenters. The molecule has 29 heteroatoms. The normalized spacial score (nSPS) is 17.0. The van der Waals surface area contributed by atoms with Gasteiger partial charge in [0.15, 0.2) is 0 Å². The summed E-state index contributed by atoms with van der Waals surface area (Å²) in [6, 6.07) is 0. The summed E-state index contributed by atoms with van der Waals surface area (Å²) in [5, 5.41) is 0. The number of rotatable bonds is 26. The van der Waals surface area contributed by atoms with Gasteiger partial charge in [-0.15, -0.1) is 0 Å². The van der Waals surface area contributed by atoms with E-state index in [1.54, 1.807) is 0 Å². The van der Waals surface area contributed by atoms with Crippen molar-refractivity contribution >= 4 is 151 Å². The van der Waals surface area contributed by atoms with Crippen LogP contribution in [0.15, 0.2) is 0 Å². The average molecular weight is 678 g/mol. The van der Waals surface area contributed by atoms with Gasteiger partial charge in [0.05, 0.1) is 0 Å². The predicted octanol–water partition coefficient (Wildman–Crippen LogP) is -15.2. The minimum Gasteiger partial charge on any atom is -0.449 e. The Balaban J connectivity index is 2.97. The summed E-state index contributed by atoms with van der Waals surface area (Å²) < 4.78 is 74.7. The Kier molecular flexibility index (Phi) is 33.5. The van der Waals surface area contributed by atoms with Gasteiger partial charge < -0.3 is 57.6 Å². The van der Waals surface area contributed by atoms with E-state index < -0.39 is 130 Å². The highest BCUT2D eigenvalue weighted by Crippen LogP contribution is 1.79. The zero-order valence-corrected chi connectivity index (χ0v) is 39.3. The van der Waals surface area contributed by atoms with Crippen molar-refractivity contribution in [1.29, 1.82) is 0 Å². The predicted molar refractivity (Wildman–Crippen MR) is 146 cm³/mol. The Bertz CT molecular complexity index is 260. The Morgan fingerprint density at radius 1 is 0.241 bits per heavy atom. The van der Waals surface area contributed by atoms with Crippen molar-refractivity contribution in [1.82, 2.24) is 0 Å². The van der Waals surface area contributed by atoms with E-state index in [2.05, 4.69) is 0 Å². The maximum Gasteiger partial charge on any atom is 0.286 e. The molecule has 0 amide bonds. The van der Waals surface area contributed by atoms with Crippen LogP contribution in [0.2, 0.25) is 0 Å². The average Bonchev–Trinajstić information content (AvgIpc) is 2.74. The van der Waals surface area contributed by atoms with Crippen LogP contribution in [0.25, 0.3) is 0 Å². The fourth-order valence-corrected chi connectivity index (χ4v) is 25.7.